The number of carbonyl (C=O) groups is 1. The number of anilines is 1. The molecule has 1 amide bonds. The van der Waals surface area contributed by atoms with Crippen molar-refractivity contribution >= 4 is 32.9 Å². The van der Waals surface area contributed by atoms with Crippen molar-refractivity contribution in [3.8, 4) is 23.3 Å². The van der Waals surface area contributed by atoms with Crippen LogP contribution in [0.15, 0.2) is 53.7 Å². The van der Waals surface area contributed by atoms with Gasteiger partial charge >= 0.3 is 6.18 Å². The molecule has 2 N–H and O–H groups in total. The summed E-state index contributed by atoms with van der Waals surface area (Å²) in [7, 11) is -1.91. The molecule has 182 valence electrons. The molecule has 35 heavy (non-hydrogen) atoms. The first-order chi connectivity index (χ1) is 16.3. The number of nitriles is 1. The molecule has 0 bridgehead atoms. The van der Waals surface area contributed by atoms with Gasteiger partial charge in [-0.3, -0.25) is 4.79 Å². The summed E-state index contributed by atoms with van der Waals surface area (Å²) in [4.78, 5) is 16.8. The van der Waals surface area contributed by atoms with E-state index in [4.69, 9.17) is 31.1 Å². The number of halogens is 4. The van der Waals surface area contributed by atoms with E-state index in [0.29, 0.717) is 6.07 Å². The van der Waals surface area contributed by atoms with Gasteiger partial charge in [0.2, 0.25) is 0 Å². The van der Waals surface area contributed by atoms with E-state index >= 15 is 0 Å². The minimum Gasteiger partial charge on any atom is -0.493 e. The van der Waals surface area contributed by atoms with Crippen LogP contribution in [0.25, 0.3) is 0 Å². The summed E-state index contributed by atoms with van der Waals surface area (Å²) in [5.74, 6) is -1.39. The first kappa shape index (κ1) is 25.8. The third-order valence-electron chi connectivity index (χ3n) is 4.52. The van der Waals surface area contributed by atoms with Gasteiger partial charge in [-0.15, -0.1) is 0 Å². The standard InChI is InChI=1S/C22H16ClF3N4O4S/c1-33-19-7-12(11-27)3-4-17(19)34-18-10-15(22(24,25)26)16(23)9-14(18)21(31)30-13-5-6-29-20(8-13)35(2,28)32/h3-10,28H,1-2H3,(H,29,30,31)/t35-/m1/s1. The second-order valence-electron chi connectivity index (χ2n) is 7.09. The third-order valence-corrected chi connectivity index (χ3v) is 5.86. The Hall–Kier alpha value is -3.82. The zero-order chi connectivity index (χ0) is 26.0. The van der Waals surface area contributed by atoms with Crippen LogP contribution in [0.1, 0.15) is 21.5 Å². The summed E-state index contributed by atoms with van der Waals surface area (Å²) in [5.41, 5.74) is -1.27. The van der Waals surface area contributed by atoms with Crippen LogP contribution in [0, 0.1) is 16.1 Å². The maximum atomic E-state index is 13.5. The van der Waals surface area contributed by atoms with Gasteiger partial charge in [-0.25, -0.2) is 14.0 Å². The number of nitrogens with one attached hydrogen (secondary N) is 2. The van der Waals surface area contributed by atoms with E-state index in [0.717, 1.165) is 12.3 Å². The van der Waals surface area contributed by atoms with Gasteiger partial charge in [-0.05, 0) is 36.4 Å². The molecule has 8 nitrogen and oxygen atoms in total. The number of rotatable bonds is 6. The van der Waals surface area contributed by atoms with Crippen molar-refractivity contribution in [2.75, 3.05) is 18.7 Å². The van der Waals surface area contributed by atoms with E-state index in [9.17, 15) is 22.2 Å². The molecule has 3 rings (SSSR count). The Morgan fingerprint density at radius 3 is 2.49 bits per heavy atom. The number of pyridine rings is 1. The van der Waals surface area contributed by atoms with Crippen LogP contribution >= 0.6 is 11.6 Å². The summed E-state index contributed by atoms with van der Waals surface area (Å²) in [5, 5.41) is 10.7. The summed E-state index contributed by atoms with van der Waals surface area (Å²) in [6.07, 6.45) is -2.47. The Labute approximate surface area is 203 Å². The topological polar surface area (TPSA) is 125 Å². The van der Waals surface area contributed by atoms with E-state index in [1.165, 1.54) is 43.6 Å². The highest BCUT2D eigenvalue weighted by molar-refractivity contribution is 7.91. The molecule has 13 heteroatoms. The molecule has 0 radical (unpaired) electrons. The average molecular weight is 525 g/mol. The number of amides is 1. The van der Waals surface area contributed by atoms with Crippen LogP contribution in [0.3, 0.4) is 0 Å². The zero-order valence-corrected chi connectivity index (χ0v) is 19.6. The van der Waals surface area contributed by atoms with E-state index in [1.807, 2.05) is 6.07 Å². The lowest BCUT2D eigenvalue weighted by molar-refractivity contribution is -0.137. The molecule has 3 aromatic rings. The Kier molecular flexibility index (Phi) is 7.23. The number of carbonyl (C=O) groups excluding carboxylic acids is 1. The first-order valence-electron chi connectivity index (χ1n) is 9.51. The van der Waals surface area contributed by atoms with E-state index < -0.39 is 38.1 Å². The highest BCUT2D eigenvalue weighted by Crippen LogP contribution is 2.41. The smallest absolute Gasteiger partial charge is 0.417 e. The highest BCUT2D eigenvalue weighted by atomic mass is 35.5. The first-order valence-corrected chi connectivity index (χ1v) is 11.9. The van der Waals surface area contributed by atoms with Crippen molar-refractivity contribution in [1.82, 2.24) is 4.98 Å². The van der Waals surface area contributed by atoms with E-state index in [1.54, 1.807) is 0 Å². The van der Waals surface area contributed by atoms with Gasteiger partial charge in [-0.2, -0.15) is 18.4 Å². The Morgan fingerprint density at radius 1 is 1.17 bits per heavy atom. The van der Waals surface area contributed by atoms with Gasteiger partial charge in [0.05, 0.1) is 44.6 Å². The fraction of sp³-hybridized carbons (Fsp3) is 0.136. The van der Waals surface area contributed by atoms with Crippen molar-refractivity contribution in [1.29, 1.82) is 10.0 Å². The summed E-state index contributed by atoms with van der Waals surface area (Å²) >= 11 is 5.83. The van der Waals surface area contributed by atoms with Crippen molar-refractivity contribution in [2.45, 2.75) is 11.2 Å². The Morgan fingerprint density at radius 2 is 1.89 bits per heavy atom. The number of alkyl halides is 3. The SMILES string of the molecule is COc1cc(C#N)ccc1Oc1cc(C(F)(F)F)c(Cl)cc1C(=O)Nc1ccnc([S@](C)(=N)=O)c1. The van der Waals surface area contributed by atoms with Crippen molar-refractivity contribution in [3.63, 3.8) is 0 Å². The molecular weight excluding hydrogens is 509 g/mol. The molecule has 0 unspecified atom stereocenters. The summed E-state index contributed by atoms with van der Waals surface area (Å²) in [6.45, 7) is 0. The molecule has 0 spiro atoms. The number of methoxy groups -OCH3 is 1. The molecule has 0 saturated carbocycles. The largest absolute Gasteiger partial charge is 0.493 e. The van der Waals surface area contributed by atoms with Crippen molar-refractivity contribution in [2.24, 2.45) is 0 Å². The number of aromatic nitrogens is 1. The quantitative estimate of drug-likeness (QED) is 0.425. The normalized spacial score (nSPS) is 12.8. The van der Waals surface area contributed by atoms with Crippen LogP contribution in [0.5, 0.6) is 17.2 Å². The molecule has 0 aliphatic rings. The number of ether oxygens (including phenoxy) is 2. The zero-order valence-electron chi connectivity index (χ0n) is 18.1. The van der Waals surface area contributed by atoms with Gasteiger partial charge in [0.1, 0.15) is 10.8 Å². The van der Waals surface area contributed by atoms with Crippen LogP contribution in [-0.2, 0) is 15.9 Å². The molecule has 0 aliphatic carbocycles. The second-order valence-corrected chi connectivity index (χ2v) is 9.60. The molecule has 0 aliphatic heterocycles. The number of hydrogen-bond acceptors (Lipinski definition) is 7. The summed E-state index contributed by atoms with van der Waals surface area (Å²) < 4.78 is 70.8. The van der Waals surface area contributed by atoms with Gasteiger partial charge in [0.15, 0.2) is 11.5 Å². The molecular formula is C22H16ClF3N4O4S. The van der Waals surface area contributed by atoms with Gasteiger partial charge in [0, 0.05) is 24.2 Å². The van der Waals surface area contributed by atoms with Crippen LogP contribution < -0.4 is 14.8 Å². The maximum Gasteiger partial charge on any atom is 0.417 e. The monoisotopic (exact) mass is 524 g/mol. The number of hydrogen-bond donors (Lipinski definition) is 2. The Balaban J connectivity index is 2.08. The fourth-order valence-electron chi connectivity index (χ4n) is 2.87. The lowest BCUT2D eigenvalue weighted by atomic mass is 10.1. The lowest BCUT2D eigenvalue weighted by Crippen LogP contribution is -2.15. The molecule has 1 aromatic heterocycles. The van der Waals surface area contributed by atoms with Gasteiger partial charge < -0.3 is 14.8 Å². The summed E-state index contributed by atoms with van der Waals surface area (Å²) in [6, 6.07) is 9.83. The highest BCUT2D eigenvalue weighted by Gasteiger charge is 2.35. The lowest BCUT2D eigenvalue weighted by Gasteiger charge is -2.17. The predicted molar refractivity (Wildman–Crippen MR) is 121 cm³/mol. The van der Waals surface area contributed by atoms with Crippen LogP contribution in [0.2, 0.25) is 5.02 Å². The van der Waals surface area contributed by atoms with Crippen molar-refractivity contribution < 1.29 is 31.6 Å². The molecule has 1 atom stereocenters. The number of benzene rings is 2. The van der Waals surface area contributed by atoms with E-state index in [2.05, 4.69) is 10.3 Å². The van der Waals surface area contributed by atoms with E-state index in [-0.39, 0.29) is 33.3 Å². The van der Waals surface area contributed by atoms with Gasteiger partial charge in [-0.1, -0.05) is 11.6 Å². The van der Waals surface area contributed by atoms with Crippen LogP contribution in [-0.4, -0.2) is 28.5 Å². The fourth-order valence-corrected chi connectivity index (χ4v) is 3.76. The minimum absolute atomic E-state index is 0.0471. The average Bonchev–Trinajstić information content (AvgIpc) is 2.79. The maximum absolute atomic E-state index is 13.5. The molecule has 0 saturated heterocycles. The molecule has 0 fully saturated rings. The van der Waals surface area contributed by atoms with Crippen molar-refractivity contribution in [3.05, 3.63) is 70.4 Å². The second kappa shape index (κ2) is 9.81. The number of nitrogens with zero attached hydrogens (tertiary/aromatic N) is 2. The molecule has 1 heterocycles. The predicted octanol–water partition coefficient (Wildman–Crippen LogP) is 5.71. The van der Waals surface area contributed by atoms with Crippen LogP contribution in [0.4, 0.5) is 18.9 Å². The third kappa shape index (κ3) is 6.00. The molecule has 2 aromatic carbocycles. The Bertz CT molecular complexity index is 1450. The van der Waals surface area contributed by atoms with Gasteiger partial charge in [0.25, 0.3) is 5.91 Å². The minimum atomic E-state index is -4.84.